The molecule has 7 heteroatoms. The van der Waals surface area contributed by atoms with E-state index < -0.39 is 11.7 Å². The lowest BCUT2D eigenvalue weighted by Gasteiger charge is -2.12. The summed E-state index contributed by atoms with van der Waals surface area (Å²) in [4.78, 5) is 26.0. The van der Waals surface area contributed by atoms with E-state index in [-0.39, 0.29) is 29.2 Å². The van der Waals surface area contributed by atoms with Gasteiger partial charge in [-0.2, -0.15) is 0 Å². The third kappa shape index (κ3) is 3.06. The summed E-state index contributed by atoms with van der Waals surface area (Å²) in [6.07, 6.45) is 0. The van der Waals surface area contributed by atoms with Crippen molar-refractivity contribution < 1.29 is 23.1 Å². The van der Waals surface area contributed by atoms with Gasteiger partial charge in [0.25, 0.3) is 5.91 Å². The zero-order valence-corrected chi connectivity index (χ0v) is 15.5. The van der Waals surface area contributed by atoms with Crippen LogP contribution in [0.3, 0.4) is 0 Å². The van der Waals surface area contributed by atoms with Gasteiger partial charge in [0.15, 0.2) is 11.5 Å². The lowest BCUT2D eigenvalue weighted by atomic mass is 10.0. The van der Waals surface area contributed by atoms with Crippen molar-refractivity contribution in [2.24, 2.45) is 0 Å². The van der Waals surface area contributed by atoms with Crippen LogP contribution in [0.1, 0.15) is 10.4 Å². The van der Waals surface area contributed by atoms with E-state index in [1.165, 1.54) is 24.3 Å². The normalized spacial score (nSPS) is 12.2. The van der Waals surface area contributed by atoms with Gasteiger partial charge in [0.2, 0.25) is 18.1 Å². The van der Waals surface area contributed by atoms with Crippen LogP contribution in [0.2, 0.25) is 0 Å². The predicted molar refractivity (Wildman–Crippen MR) is 108 cm³/mol. The third-order valence-electron chi connectivity index (χ3n) is 4.79. The van der Waals surface area contributed by atoms with E-state index in [0.717, 1.165) is 0 Å². The number of halogens is 1. The molecule has 5 rings (SSSR count). The number of fused-ring (bicyclic) bond motifs is 2. The zero-order valence-electron chi connectivity index (χ0n) is 15.5. The van der Waals surface area contributed by atoms with Crippen LogP contribution in [0.25, 0.3) is 22.1 Å². The molecule has 0 saturated carbocycles. The molecule has 0 aliphatic carbocycles. The molecule has 0 fully saturated rings. The largest absolute Gasteiger partial charge is 0.454 e. The van der Waals surface area contributed by atoms with Crippen LogP contribution in [-0.2, 0) is 0 Å². The maximum Gasteiger partial charge on any atom is 0.257 e. The highest BCUT2D eigenvalue weighted by atomic mass is 19.1. The Morgan fingerprint density at radius 2 is 1.70 bits per heavy atom. The number of hydrogen-bond donors (Lipinski definition) is 1. The maximum absolute atomic E-state index is 13.3. The fourth-order valence-electron chi connectivity index (χ4n) is 3.32. The van der Waals surface area contributed by atoms with Gasteiger partial charge in [-0.1, -0.05) is 18.2 Å². The number of hydrogen-bond acceptors (Lipinski definition) is 5. The minimum atomic E-state index is -0.532. The van der Waals surface area contributed by atoms with Crippen molar-refractivity contribution in [3.63, 3.8) is 0 Å². The second-order valence-electron chi connectivity index (χ2n) is 6.66. The Bertz CT molecular complexity index is 1340. The molecule has 1 N–H and O–H groups in total. The first kappa shape index (κ1) is 17.9. The number of benzene rings is 3. The molecule has 2 heterocycles. The highest BCUT2D eigenvalue weighted by Crippen LogP contribution is 2.37. The second-order valence-corrected chi connectivity index (χ2v) is 6.66. The quantitative estimate of drug-likeness (QED) is 0.542. The maximum atomic E-state index is 13.3. The summed E-state index contributed by atoms with van der Waals surface area (Å²) in [5, 5.41) is 3.02. The molecule has 1 aliphatic heterocycles. The Balaban J connectivity index is 1.66. The number of anilines is 1. The zero-order chi connectivity index (χ0) is 20.7. The van der Waals surface area contributed by atoms with E-state index in [9.17, 15) is 14.0 Å². The minimum absolute atomic E-state index is 0.00751. The molecule has 0 unspecified atom stereocenters. The topological polar surface area (TPSA) is 77.8 Å². The average molecular weight is 403 g/mol. The van der Waals surface area contributed by atoms with Crippen LogP contribution < -0.4 is 20.2 Å². The predicted octanol–water partition coefficient (Wildman–Crippen LogP) is 4.58. The van der Waals surface area contributed by atoms with Crippen LogP contribution in [-0.4, -0.2) is 12.7 Å². The molecule has 1 aromatic heterocycles. The Labute approximate surface area is 169 Å². The Morgan fingerprint density at radius 1 is 0.933 bits per heavy atom. The monoisotopic (exact) mass is 403 g/mol. The molecule has 0 atom stereocenters. The molecule has 3 aromatic carbocycles. The standard InChI is InChI=1S/C23H14FNO5/c24-15-8-5-13(6-9-15)22(27)25-23-20(14-7-10-18-19(11-14)29-12-28-18)21(26)16-3-1-2-4-17(16)30-23/h1-11H,12H2,(H,25,27). The summed E-state index contributed by atoms with van der Waals surface area (Å²) in [6.45, 7) is 0.0965. The summed E-state index contributed by atoms with van der Waals surface area (Å²) in [6, 6.07) is 16.9. The van der Waals surface area contributed by atoms with Crippen molar-refractivity contribution in [3.8, 4) is 22.6 Å². The molecule has 0 saturated heterocycles. The molecule has 4 aromatic rings. The highest BCUT2D eigenvalue weighted by molar-refractivity contribution is 6.06. The summed E-state index contributed by atoms with van der Waals surface area (Å²) in [7, 11) is 0. The van der Waals surface area contributed by atoms with E-state index >= 15 is 0 Å². The van der Waals surface area contributed by atoms with Crippen LogP contribution in [0.15, 0.2) is 75.9 Å². The summed E-state index contributed by atoms with van der Waals surface area (Å²) in [5.41, 5.74) is 0.950. The fraction of sp³-hybridized carbons (Fsp3) is 0.0435. The smallest absolute Gasteiger partial charge is 0.257 e. The lowest BCUT2D eigenvalue weighted by molar-refractivity contribution is 0.102. The fourth-order valence-corrected chi connectivity index (χ4v) is 3.32. The second kappa shape index (κ2) is 7.04. The molecule has 6 nitrogen and oxygen atoms in total. The van der Waals surface area contributed by atoms with Gasteiger partial charge in [0, 0.05) is 5.56 Å². The third-order valence-corrected chi connectivity index (χ3v) is 4.79. The summed E-state index contributed by atoms with van der Waals surface area (Å²) >= 11 is 0. The van der Waals surface area contributed by atoms with Crippen LogP contribution >= 0.6 is 0 Å². The Morgan fingerprint density at radius 3 is 2.53 bits per heavy atom. The van der Waals surface area contributed by atoms with Crippen LogP contribution in [0.4, 0.5) is 10.3 Å². The molecule has 0 radical (unpaired) electrons. The Kier molecular flexibility index (Phi) is 4.21. The van der Waals surface area contributed by atoms with Crippen LogP contribution in [0, 0.1) is 5.82 Å². The van der Waals surface area contributed by atoms with E-state index in [2.05, 4.69) is 5.32 Å². The molecular formula is C23H14FNO5. The number of rotatable bonds is 3. The van der Waals surface area contributed by atoms with Gasteiger partial charge in [-0.3, -0.25) is 14.9 Å². The number of ether oxygens (including phenoxy) is 2. The molecule has 1 amide bonds. The average Bonchev–Trinajstić information content (AvgIpc) is 3.22. The van der Waals surface area contributed by atoms with Gasteiger partial charge in [-0.25, -0.2) is 4.39 Å². The highest BCUT2D eigenvalue weighted by Gasteiger charge is 2.22. The van der Waals surface area contributed by atoms with E-state index in [0.29, 0.717) is 28.0 Å². The van der Waals surface area contributed by atoms with Gasteiger partial charge in [0.1, 0.15) is 11.4 Å². The first-order valence-corrected chi connectivity index (χ1v) is 9.13. The van der Waals surface area contributed by atoms with E-state index in [4.69, 9.17) is 13.9 Å². The van der Waals surface area contributed by atoms with Gasteiger partial charge in [-0.15, -0.1) is 0 Å². The van der Waals surface area contributed by atoms with Crippen molar-refractivity contribution in [1.29, 1.82) is 0 Å². The molecule has 0 bridgehead atoms. The van der Waals surface area contributed by atoms with Crippen molar-refractivity contribution in [2.45, 2.75) is 0 Å². The lowest BCUT2D eigenvalue weighted by Crippen LogP contribution is -2.16. The summed E-state index contributed by atoms with van der Waals surface area (Å²) < 4.78 is 29.8. The molecule has 148 valence electrons. The van der Waals surface area contributed by atoms with Crippen molar-refractivity contribution in [3.05, 3.63) is 88.3 Å². The van der Waals surface area contributed by atoms with E-state index in [1.807, 2.05) is 0 Å². The number of carbonyl (C=O) groups excluding carboxylic acids is 1. The van der Waals surface area contributed by atoms with Gasteiger partial charge >= 0.3 is 0 Å². The molecule has 0 spiro atoms. The summed E-state index contributed by atoms with van der Waals surface area (Å²) in [5.74, 6) is 0.0730. The first-order valence-electron chi connectivity index (χ1n) is 9.13. The number of nitrogens with one attached hydrogen (secondary N) is 1. The first-order chi connectivity index (χ1) is 14.6. The van der Waals surface area contributed by atoms with Gasteiger partial charge in [-0.05, 0) is 54.1 Å². The Hall–Kier alpha value is -4.13. The van der Waals surface area contributed by atoms with Crippen molar-refractivity contribution >= 4 is 22.8 Å². The SMILES string of the molecule is O=C(Nc1oc2ccccc2c(=O)c1-c1ccc2c(c1)OCO2)c1ccc(F)cc1. The molecular weight excluding hydrogens is 389 g/mol. The number of para-hydroxylation sites is 1. The van der Waals surface area contributed by atoms with Crippen molar-refractivity contribution in [1.82, 2.24) is 0 Å². The minimum Gasteiger partial charge on any atom is -0.454 e. The molecule has 30 heavy (non-hydrogen) atoms. The van der Waals surface area contributed by atoms with E-state index in [1.54, 1.807) is 42.5 Å². The van der Waals surface area contributed by atoms with Crippen LogP contribution in [0.5, 0.6) is 11.5 Å². The van der Waals surface area contributed by atoms with Gasteiger partial charge < -0.3 is 13.9 Å². The van der Waals surface area contributed by atoms with Crippen molar-refractivity contribution in [2.75, 3.05) is 12.1 Å². The molecule has 1 aliphatic rings. The number of amides is 1. The number of carbonyl (C=O) groups is 1. The van der Waals surface area contributed by atoms with Gasteiger partial charge in [0.05, 0.1) is 10.9 Å².